The SMILES string of the molecule is CC#CCOc1cc(Oc2ccc(F)cc2)ncn1. The van der Waals surface area contributed by atoms with Gasteiger partial charge in [-0.1, -0.05) is 5.92 Å². The van der Waals surface area contributed by atoms with Gasteiger partial charge < -0.3 is 9.47 Å². The quantitative estimate of drug-likeness (QED) is 0.791. The van der Waals surface area contributed by atoms with Crippen LogP contribution in [-0.4, -0.2) is 16.6 Å². The molecule has 0 N–H and O–H groups in total. The second kappa shape index (κ2) is 6.36. The molecule has 0 bridgehead atoms. The summed E-state index contributed by atoms with van der Waals surface area (Å²) in [5.41, 5.74) is 0. The van der Waals surface area contributed by atoms with Crippen LogP contribution in [0.5, 0.6) is 17.5 Å². The molecule has 4 nitrogen and oxygen atoms in total. The predicted octanol–water partition coefficient (Wildman–Crippen LogP) is 2.81. The van der Waals surface area contributed by atoms with Crippen molar-refractivity contribution in [2.75, 3.05) is 6.61 Å². The maximum atomic E-state index is 12.7. The highest BCUT2D eigenvalue weighted by atomic mass is 19.1. The van der Waals surface area contributed by atoms with Gasteiger partial charge in [0.05, 0.1) is 6.07 Å². The zero-order valence-electron chi connectivity index (χ0n) is 10.3. The lowest BCUT2D eigenvalue weighted by Gasteiger charge is -2.05. The molecule has 2 rings (SSSR count). The number of ether oxygens (including phenoxy) is 2. The van der Waals surface area contributed by atoms with Crippen LogP contribution >= 0.6 is 0 Å². The van der Waals surface area contributed by atoms with E-state index in [-0.39, 0.29) is 12.4 Å². The van der Waals surface area contributed by atoms with E-state index in [1.165, 1.54) is 30.6 Å². The zero-order chi connectivity index (χ0) is 13.5. The third-order valence-electron chi connectivity index (χ3n) is 2.12. The van der Waals surface area contributed by atoms with Gasteiger partial charge in [0, 0.05) is 0 Å². The second-order valence-electron chi connectivity index (χ2n) is 3.47. The fraction of sp³-hybridized carbons (Fsp3) is 0.143. The standard InChI is InChI=1S/C14H11FN2O2/c1-2-3-8-18-13-9-14(17-10-16-13)19-12-6-4-11(15)5-7-12/h4-7,9-10H,8H2,1H3. The van der Waals surface area contributed by atoms with E-state index in [4.69, 9.17) is 9.47 Å². The van der Waals surface area contributed by atoms with E-state index in [2.05, 4.69) is 21.8 Å². The Kier molecular flexibility index (Phi) is 4.29. The minimum atomic E-state index is -0.322. The van der Waals surface area contributed by atoms with Gasteiger partial charge in [-0.05, 0) is 31.2 Å². The van der Waals surface area contributed by atoms with Gasteiger partial charge in [-0.25, -0.2) is 14.4 Å². The van der Waals surface area contributed by atoms with E-state index < -0.39 is 0 Å². The molecule has 0 atom stereocenters. The van der Waals surface area contributed by atoms with Gasteiger partial charge in [0.25, 0.3) is 0 Å². The topological polar surface area (TPSA) is 44.2 Å². The van der Waals surface area contributed by atoms with Crippen molar-refractivity contribution in [3.8, 4) is 29.4 Å². The Morgan fingerprint density at radius 3 is 2.63 bits per heavy atom. The van der Waals surface area contributed by atoms with Crippen LogP contribution in [0.2, 0.25) is 0 Å². The minimum Gasteiger partial charge on any atom is -0.464 e. The lowest BCUT2D eigenvalue weighted by Crippen LogP contribution is -1.97. The molecule has 19 heavy (non-hydrogen) atoms. The van der Waals surface area contributed by atoms with E-state index in [9.17, 15) is 4.39 Å². The lowest BCUT2D eigenvalue weighted by molar-refractivity contribution is 0.349. The molecule has 0 amide bonds. The van der Waals surface area contributed by atoms with E-state index in [0.717, 1.165) is 0 Å². The molecule has 0 saturated heterocycles. The highest BCUT2D eigenvalue weighted by Crippen LogP contribution is 2.21. The molecular formula is C14H11FN2O2. The summed E-state index contributed by atoms with van der Waals surface area (Å²) in [5.74, 6) is 6.32. The van der Waals surface area contributed by atoms with Gasteiger partial charge in [0.2, 0.25) is 11.8 Å². The summed E-state index contributed by atoms with van der Waals surface area (Å²) >= 11 is 0. The van der Waals surface area contributed by atoms with Crippen molar-refractivity contribution in [2.45, 2.75) is 6.92 Å². The van der Waals surface area contributed by atoms with Crippen LogP contribution in [0.15, 0.2) is 36.7 Å². The molecular weight excluding hydrogens is 247 g/mol. The molecule has 1 heterocycles. The smallest absolute Gasteiger partial charge is 0.226 e. The number of halogens is 1. The number of benzene rings is 1. The first-order chi connectivity index (χ1) is 9.28. The molecule has 0 saturated carbocycles. The Balaban J connectivity index is 2.05. The van der Waals surface area contributed by atoms with Crippen LogP contribution in [0.4, 0.5) is 4.39 Å². The molecule has 0 radical (unpaired) electrons. The number of hydrogen-bond donors (Lipinski definition) is 0. The van der Waals surface area contributed by atoms with Crippen LogP contribution in [0, 0.1) is 17.7 Å². The monoisotopic (exact) mass is 258 g/mol. The van der Waals surface area contributed by atoms with Crippen molar-refractivity contribution in [1.82, 2.24) is 9.97 Å². The van der Waals surface area contributed by atoms with Crippen molar-refractivity contribution in [3.05, 3.63) is 42.5 Å². The first kappa shape index (κ1) is 12.8. The molecule has 5 heteroatoms. The molecule has 1 aromatic heterocycles. The third kappa shape index (κ3) is 3.96. The van der Waals surface area contributed by atoms with E-state index in [1.54, 1.807) is 13.0 Å². The fourth-order valence-electron chi connectivity index (χ4n) is 1.26. The number of rotatable bonds is 4. The predicted molar refractivity (Wildman–Crippen MR) is 67.5 cm³/mol. The molecule has 1 aromatic carbocycles. The van der Waals surface area contributed by atoms with E-state index >= 15 is 0 Å². The van der Waals surface area contributed by atoms with Gasteiger partial charge in [-0.2, -0.15) is 0 Å². The van der Waals surface area contributed by atoms with Gasteiger partial charge in [0.1, 0.15) is 17.9 Å². The number of aromatic nitrogens is 2. The largest absolute Gasteiger partial charge is 0.464 e. The van der Waals surface area contributed by atoms with Crippen LogP contribution in [-0.2, 0) is 0 Å². The van der Waals surface area contributed by atoms with Crippen molar-refractivity contribution in [3.63, 3.8) is 0 Å². The first-order valence-electron chi connectivity index (χ1n) is 5.56. The molecule has 0 spiro atoms. The molecule has 0 aliphatic heterocycles. The average Bonchev–Trinajstić information content (AvgIpc) is 2.42. The summed E-state index contributed by atoms with van der Waals surface area (Å²) in [6.07, 6.45) is 1.33. The van der Waals surface area contributed by atoms with Crippen LogP contribution in [0.1, 0.15) is 6.92 Å². The third-order valence-corrected chi connectivity index (χ3v) is 2.12. The number of hydrogen-bond acceptors (Lipinski definition) is 4. The van der Waals surface area contributed by atoms with E-state index in [0.29, 0.717) is 17.5 Å². The second-order valence-corrected chi connectivity index (χ2v) is 3.47. The fourth-order valence-corrected chi connectivity index (χ4v) is 1.26. The molecule has 96 valence electrons. The Morgan fingerprint density at radius 1 is 1.16 bits per heavy atom. The van der Waals surface area contributed by atoms with Gasteiger partial charge in [-0.3, -0.25) is 0 Å². The van der Waals surface area contributed by atoms with Gasteiger partial charge >= 0.3 is 0 Å². The zero-order valence-corrected chi connectivity index (χ0v) is 10.3. The molecule has 0 unspecified atom stereocenters. The first-order valence-corrected chi connectivity index (χ1v) is 5.56. The summed E-state index contributed by atoms with van der Waals surface area (Å²) in [6.45, 7) is 1.98. The molecule has 0 aliphatic rings. The van der Waals surface area contributed by atoms with Crippen LogP contribution in [0.3, 0.4) is 0 Å². The van der Waals surface area contributed by atoms with Crippen molar-refractivity contribution in [2.24, 2.45) is 0 Å². The maximum Gasteiger partial charge on any atom is 0.226 e. The Labute approximate surface area is 110 Å². The highest BCUT2D eigenvalue weighted by Gasteiger charge is 2.02. The lowest BCUT2D eigenvalue weighted by atomic mass is 10.3. The summed E-state index contributed by atoms with van der Waals surface area (Å²) in [7, 11) is 0. The summed E-state index contributed by atoms with van der Waals surface area (Å²) in [4.78, 5) is 7.87. The summed E-state index contributed by atoms with van der Waals surface area (Å²) < 4.78 is 23.5. The maximum absolute atomic E-state index is 12.7. The normalized spacial score (nSPS) is 9.37. The Bertz CT molecular complexity index is 603. The molecule has 0 aliphatic carbocycles. The van der Waals surface area contributed by atoms with Crippen LogP contribution in [0.25, 0.3) is 0 Å². The molecule has 0 fully saturated rings. The van der Waals surface area contributed by atoms with Crippen molar-refractivity contribution < 1.29 is 13.9 Å². The van der Waals surface area contributed by atoms with Crippen LogP contribution < -0.4 is 9.47 Å². The summed E-state index contributed by atoms with van der Waals surface area (Å²) in [5, 5.41) is 0. The minimum absolute atomic E-state index is 0.253. The molecule has 2 aromatic rings. The van der Waals surface area contributed by atoms with E-state index in [1.807, 2.05) is 0 Å². The Hall–Kier alpha value is -2.61. The van der Waals surface area contributed by atoms with Crippen molar-refractivity contribution >= 4 is 0 Å². The average molecular weight is 258 g/mol. The van der Waals surface area contributed by atoms with Crippen molar-refractivity contribution in [1.29, 1.82) is 0 Å². The number of nitrogens with zero attached hydrogens (tertiary/aromatic N) is 2. The summed E-state index contributed by atoms with van der Waals surface area (Å²) in [6, 6.07) is 7.19. The highest BCUT2D eigenvalue weighted by molar-refractivity contribution is 5.28. The van der Waals surface area contributed by atoms with Gasteiger partial charge in [0.15, 0.2) is 6.61 Å². The Morgan fingerprint density at radius 2 is 1.89 bits per heavy atom. The van der Waals surface area contributed by atoms with Gasteiger partial charge in [-0.15, -0.1) is 5.92 Å².